The lowest BCUT2D eigenvalue weighted by Gasteiger charge is -2.30. The Labute approximate surface area is 175 Å². The maximum Gasteiger partial charge on any atom is 0.334 e. The van der Waals surface area contributed by atoms with Crippen molar-refractivity contribution in [2.24, 2.45) is 5.41 Å². The molecule has 2 amide bonds. The lowest BCUT2D eigenvalue weighted by molar-refractivity contribution is -0.164. The largest absolute Gasteiger partial charge is 0.468 e. The highest BCUT2D eigenvalue weighted by atomic mass is 16.6. The molecule has 2 fully saturated rings. The number of likely N-dealkylation sites (tertiary alicyclic amines) is 1. The van der Waals surface area contributed by atoms with Gasteiger partial charge in [-0.2, -0.15) is 0 Å². The molecule has 2 aliphatic rings. The first-order valence-electron chi connectivity index (χ1n) is 10.1. The van der Waals surface area contributed by atoms with Crippen LogP contribution in [0.1, 0.15) is 51.6 Å². The highest BCUT2D eigenvalue weighted by molar-refractivity contribution is 6.07. The first kappa shape index (κ1) is 21.8. The number of benzene rings is 1. The predicted molar refractivity (Wildman–Crippen MR) is 107 cm³/mol. The molecule has 0 spiro atoms. The molecule has 1 aromatic carbocycles. The van der Waals surface area contributed by atoms with Crippen LogP contribution in [-0.2, 0) is 28.7 Å². The fourth-order valence-corrected chi connectivity index (χ4v) is 3.67. The van der Waals surface area contributed by atoms with Crippen molar-refractivity contribution in [1.82, 2.24) is 10.2 Å². The van der Waals surface area contributed by atoms with Gasteiger partial charge in [0.15, 0.2) is 6.04 Å². The number of hydrogen-bond donors (Lipinski definition) is 1. The molecule has 8 nitrogen and oxygen atoms in total. The lowest BCUT2D eigenvalue weighted by atomic mass is 10.0. The quantitative estimate of drug-likeness (QED) is 0.560. The number of nitrogens with one attached hydrogen (secondary N) is 1. The third kappa shape index (κ3) is 4.32. The Bertz CT molecular complexity index is 841. The van der Waals surface area contributed by atoms with Gasteiger partial charge >= 0.3 is 11.9 Å². The van der Waals surface area contributed by atoms with Crippen LogP contribution in [0.25, 0.3) is 0 Å². The van der Waals surface area contributed by atoms with Gasteiger partial charge in [0.05, 0.1) is 7.11 Å². The Balaban J connectivity index is 1.78. The van der Waals surface area contributed by atoms with Gasteiger partial charge in [0.2, 0.25) is 11.8 Å². The summed E-state index contributed by atoms with van der Waals surface area (Å²) in [5, 5.41) is 2.69. The summed E-state index contributed by atoms with van der Waals surface area (Å²) < 4.78 is 10.3. The van der Waals surface area contributed by atoms with E-state index in [2.05, 4.69) is 5.32 Å². The van der Waals surface area contributed by atoms with Crippen LogP contribution >= 0.6 is 0 Å². The van der Waals surface area contributed by atoms with Crippen LogP contribution in [0.15, 0.2) is 30.3 Å². The fourth-order valence-electron chi connectivity index (χ4n) is 3.67. The van der Waals surface area contributed by atoms with Gasteiger partial charge < -0.3 is 19.7 Å². The Morgan fingerprint density at radius 1 is 1.17 bits per heavy atom. The van der Waals surface area contributed by atoms with Gasteiger partial charge in [0.1, 0.15) is 17.1 Å². The highest BCUT2D eigenvalue weighted by Crippen LogP contribution is 2.47. The predicted octanol–water partition coefficient (Wildman–Crippen LogP) is 1.74. The summed E-state index contributed by atoms with van der Waals surface area (Å²) in [6.45, 7) is 5.59. The smallest absolute Gasteiger partial charge is 0.334 e. The summed E-state index contributed by atoms with van der Waals surface area (Å²) in [4.78, 5) is 52.0. The highest BCUT2D eigenvalue weighted by Gasteiger charge is 2.58. The van der Waals surface area contributed by atoms with E-state index in [1.807, 2.05) is 6.07 Å². The van der Waals surface area contributed by atoms with E-state index in [4.69, 9.17) is 9.47 Å². The minimum absolute atomic E-state index is 0.286. The van der Waals surface area contributed by atoms with Crippen molar-refractivity contribution in [3.8, 4) is 0 Å². The first-order chi connectivity index (χ1) is 14.1. The van der Waals surface area contributed by atoms with Crippen molar-refractivity contribution < 1.29 is 28.7 Å². The second-order valence-corrected chi connectivity index (χ2v) is 8.77. The normalized spacial score (nSPS) is 21.0. The zero-order valence-electron chi connectivity index (χ0n) is 17.8. The number of rotatable bonds is 6. The van der Waals surface area contributed by atoms with E-state index >= 15 is 0 Å². The molecule has 0 radical (unpaired) electrons. The Morgan fingerprint density at radius 3 is 2.33 bits per heavy atom. The summed E-state index contributed by atoms with van der Waals surface area (Å²) in [5.74, 6) is -1.98. The lowest BCUT2D eigenvalue weighted by Crippen LogP contribution is -2.48. The average molecular weight is 416 g/mol. The standard InChI is InChI=1S/C22H28N2O6/c1-21(2,3)30-18(26)16(14-8-6-5-7-9-14)24-13-10-15(17(24)25)23-19(27)22(11-12-22)20(28)29-4/h5-9,15-16H,10-13H2,1-4H3,(H,23,27)/t15-,16-/m1/s1. The Morgan fingerprint density at radius 2 is 1.80 bits per heavy atom. The van der Waals surface area contributed by atoms with Crippen molar-refractivity contribution in [1.29, 1.82) is 0 Å². The molecule has 0 aromatic heterocycles. The Kier molecular flexibility index (Phi) is 5.87. The summed E-state index contributed by atoms with van der Waals surface area (Å²) in [6.07, 6.45) is 1.15. The van der Waals surface area contributed by atoms with Crippen molar-refractivity contribution >= 4 is 23.8 Å². The summed E-state index contributed by atoms with van der Waals surface area (Å²) in [5.41, 5.74) is -1.26. The number of carbonyl (C=O) groups is 4. The van der Waals surface area contributed by atoms with Crippen LogP contribution in [0.5, 0.6) is 0 Å². The molecule has 1 aliphatic carbocycles. The third-order valence-corrected chi connectivity index (χ3v) is 5.36. The van der Waals surface area contributed by atoms with Gasteiger partial charge in [0, 0.05) is 6.54 Å². The van der Waals surface area contributed by atoms with E-state index in [-0.39, 0.29) is 12.5 Å². The topological polar surface area (TPSA) is 102 Å². The van der Waals surface area contributed by atoms with Crippen LogP contribution in [-0.4, -0.2) is 54.0 Å². The molecular weight excluding hydrogens is 388 g/mol. The van der Waals surface area contributed by atoms with Crippen molar-refractivity contribution in [2.75, 3.05) is 13.7 Å². The van der Waals surface area contributed by atoms with Crippen LogP contribution in [0.4, 0.5) is 0 Å². The molecule has 8 heteroatoms. The van der Waals surface area contributed by atoms with Gasteiger partial charge in [-0.3, -0.25) is 14.4 Å². The van der Waals surface area contributed by atoms with Gasteiger partial charge in [0.25, 0.3) is 0 Å². The van der Waals surface area contributed by atoms with Gasteiger partial charge in [-0.15, -0.1) is 0 Å². The molecule has 30 heavy (non-hydrogen) atoms. The maximum atomic E-state index is 13.1. The van der Waals surface area contributed by atoms with E-state index in [9.17, 15) is 19.2 Å². The molecule has 1 heterocycles. The summed E-state index contributed by atoms with van der Waals surface area (Å²) in [6, 6.07) is 7.24. The van der Waals surface area contributed by atoms with E-state index in [0.29, 0.717) is 24.8 Å². The number of esters is 2. The molecular formula is C22H28N2O6. The Hall–Kier alpha value is -2.90. The van der Waals surface area contributed by atoms with Crippen molar-refractivity contribution in [3.05, 3.63) is 35.9 Å². The summed E-state index contributed by atoms with van der Waals surface area (Å²) in [7, 11) is 1.24. The van der Waals surface area contributed by atoms with Gasteiger partial charge in [-0.05, 0) is 45.6 Å². The minimum Gasteiger partial charge on any atom is -0.468 e. The maximum absolute atomic E-state index is 13.1. The average Bonchev–Trinajstić information content (AvgIpc) is 3.43. The minimum atomic E-state index is -1.19. The van der Waals surface area contributed by atoms with E-state index in [0.717, 1.165) is 0 Å². The SMILES string of the molecule is COC(=O)C1(C(=O)N[C@@H]2CCN([C@@H](C(=O)OC(C)(C)C)c3ccccc3)C2=O)CC1. The van der Waals surface area contributed by atoms with Crippen molar-refractivity contribution in [3.63, 3.8) is 0 Å². The zero-order chi connectivity index (χ0) is 22.1. The zero-order valence-corrected chi connectivity index (χ0v) is 17.8. The van der Waals surface area contributed by atoms with Gasteiger partial charge in [-0.1, -0.05) is 30.3 Å². The first-order valence-corrected chi connectivity index (χ1v) is 10.1. The van der Waals surface area contributed by atoms with Crippen LogP contribution < -0.4 is 5.32 Å². The molecule has 0 bridgehead atoms. The number of carbonyl (C=O) groups excluding carboxylic acids is 4. The number of nitrogens with zero attached hydrogens (tertiary/aromatic N) is 1. The van der Waals surface area contributed by atoms with E-state index in [1.54, 1.807) is 45.0 Å². The number of amides is 2. The monoisotopic (exact) mass is 416 g/mol. The molecule has 162 valence electrons. The van der Waals surface area contributed by atoms with Crippen LogP contribution in [0, 0.1) is 5.41 Å². The van der Waals surface area contributed by atoms with Gasteiger partial charge in [-0.25, -0.2) is 4.79 Å². The fraction of sp³-hybridized carbons (Fsp3) is 0.545. The van der Waals surface area contributed by atoms with Crippen LogP contribution in [0.3, 0.4) is 0 Å². The second-order valence-electron chi connectivity index (χ2n) is 8.77. The van der Waals surface area contributed by atoms with E-state index < -0.39 is 40.9 Å². The number of ether oxygens (including phenoxy) is 2. The molecule has 1 saturated heterocycles. The second kappa shape index (κ2) is 8.08. The van der Waals surface area contributed by atoms with E-state index in [1.165, 1.54) is 12.0 Å². The van der Waals surface area contributed by atoms with Crippen molar-refractivity contribution in [2.45, 2.75) is 57.7 Å². The molecule has 0 unspecified atom stereocenters. The number of hydrogen-bond acceptors (Lipinski definition) is 6. The molecule has 1 N–H and O–H groups in total. The van der Waals surface area contributed by atoms with Crippen LogP contribution in [0.2, 0.25) is 0 Å². The number of methoxy groups -OCH3 is 1. The molecule has 1 aromatic rings. The molecule has 2 atom stereocenters. The molecule has 3 rings (SSSR count). The molecule has 1 aliphatic heterocycles. The summed E-state index contributed by atoms with van der Waals surface area (Å²) >= 11 is 0. The third-order valence-electron chi connectivity index (χ3n) is 5.36. The molecule has 1 saturated carbocycles.